The number of aromatic amines is 1. The molecule has 2 atom stereocenters. The van der Waals surface area contributed by atoms with Crippen LogP contribution in [0.1, 0.15) is 29.3 Å². The van der Waals surface area contributed by atoms with Crippen LogP contribution in [0.15, 0.2) is 48.5 Å². The van der Waals surface area contributed by atoms with E-state index < -0.39 is 18.2 Å². The van der Waals surface area contributed by atoms with Crippen molar-refractivity contribution in [2.24, 2.45) is 0 Å². The Hall–Kier alpha value is -3.07. The van der Waals surface area contributed by atoms with Crippen molar-refractivity contribution >= 4 is 23.4 Å². The molecule has 1 saturated heterocycles. The fraction of sp³-hybridized carbons (Fsp3) is 0.407. The van der Waals surface area contributed by atoms with Crippen LogP contribution in [0.3, 0.4) is 0 Å². The second-order valence-electron chi connectivity index (χ2n) is 9.68. The normalized spacial score (nSPS) is 19.2. The third-order valence-electron chi connectivity index (χ3n) is 7.35. The summed E-state index contributed by atoms with van der Waals surface area (Å²) >= 11 is 6.07. The van der Waals surface area contributed by atoms with Crippen LogP contribution in [0.2, 0.25) is 5.02 Å². The highest BCUT2D eigenvalue weighted by Gasteiger charge is 2.36. The molecule has 0 bridgehead atoms. The standard InChI is InChI=1S/C27H32ClN5O3/c1-18-4-2-3-5-23(18)32-14-12-31(13-15-32)17-21(34)16-24-25-22(10-11-33(24)27(35)36)29-30-26(25)19-6-8-20(28)9-7-19/h2-9,21,24,34H,10-17H2,1H3,(H,29,30)(H,35,36). The molecule has 8 nitrogen and oxygen atoms in total. The molecule has 2 aliphatic heterocycles. The molecule has 1 amide bonds. The van der Waals surface area contributed by atoms with Crippen molar-refractivity contribution < 1.29 is 15.0 Å². The maximum absolute atomic E-state index is 12.1. The number of aliphatic hydroxyl groups is 1. The van der Waals surface area contributed by atoms with Gasteiger partial charge in [-0.05, 0) is 37.1 Å². The summed E-state index contributed by atoms with van der Waals surface area (Å²) in [6, 6.07) is 15.3. The van der Waals surface area contributed by atoms with Crippen molar-refractivity contribution in [3.8, 4) is 11.3 Å². The highest BCUT2D eigenvalue weighted by molar-refractivity contribution is 6.30. The number of β-amino-alcohol motifs (C(OH)–C–C–N with tert-alkyl or cyclic N) is 1. The number of nitrogens with zero attached hydrogens (tertiary/aromatic N) is 4. The molecule has 190 valence electrons. The molecule has 1 fully saturated rings. The van der Waals surface area contributed by atoms with Crippen LogP contribution in [0.5, 0.6) is 0 Å². The van der Waals surface area contributed by atoms with Gasteiger partial charge in [-0.1, -0.05) is 41.9 Å². The number of amides is 1. The molecule has 36 heavy (non-hydrogen) atoms. The van der Waals surface area contributed by atoms with E-state index in [4.69, 9.17) is 11.6 Å². The van der Waals surface area contributed by atoms with Crippen LogP contribution in [0.4, 0.5) is 10.5 Å². The van der Waals surface area contributed by atoms with E-state index >= 15 is 0 Å². The van der Waals surface area contributed by atoms with Gasteiger partial charge in [0, 0.05) is 73.2 Å². The van der Waals surface area contributed by atoms with Gasteiger partial charge in [0.1, 0.15) is 0 Å². The fourth-order valence-electron chi connectivity index (χ4n) is 5.50. The van der Waals surface area contributed by atoms with Gasteiger partial charge in [-0.3, -0.25) is 10.00 Å². The molecule has 9 heteroatoms. The van der Waals surface area contributed by atoms with Crippen molar-refractivity contribution in [1.82, 2.24) is 20.0 Å². The molecular weight excluding hydrogens is 478 g/mol. The van der Waals surface area contributed by atoms with Gasteiger partial charge < -0.3 is 20.0 Å². The van der Waals surface area contributed by atoms with Gasteiger partial charge in [-0.2, -0.15) is 5.10 Å². The van der Waals surface area contributed by atoms with Gasteiger partial charge in [0.2, 0.25) is 0 Å². The van der Waals surface area contributed by atoms with E-state index in [1.807, 2.05) is 12.1 Å². The zero-order valence-electron chi connectivity index (χ0n) is 20.4. The number of carbonyl (C=O) groups is 1. The lowest BCUT2D eigenvalue weighted by Gasteiger charge is -2.39. The molecule has 0 aliphatic carbocycles. The fourth-order valence-corrected chi connectivity index (χ4v) is 5.63. The Morgan fingerprint density at radius 2 is 1.83 bits per heavy atom. The Morgan fingerprint density at radius 3 is 2.53 bits per heavy atom. The minimum absolute atomic E-state index is 0.317. The summed E-state index contributed by atoms with van der Waals surface area (Å²) in [7, 11) is 0. The van der Waals surface area contributed by atoms with Crippen LogP contribution < -0.4 is 4.90 Å². The number of anilines is 1. The van der Waals surface area contributed by atoms with E-state index in [2.05, 4.69) is 51.2 Å². The summed E-state index contributed by atoms with van der Waals surface area (Å²) in [6.07, 6.45) is -0.763. The summed E-state index contributed by atoms with van der Waals surface area (Å²) in [4.78, 5) is 18.2. The van der Waals surface area contributed by atoms with Crippen LogP contribution in [-0.4, -0.2) is 81.7 Å². The number of halogens is 1. The number of aryl methyl sites for hydroxylation is 1. The largest absolute Gasteiger partial charge is 0.465 e. The Kier molecular flexibility index (Phi) is 7.18. The van der Waals surface area contributed by atoms with Gasteiger partial charge in [0.25, 0.3) is 0 Å². The van der Waals surface area contributed by atoms with Gasteiger partial charge in [-0.15, -0.1) is 0 Å². The van der Waals surface area contributed by atoms with E-state index in [0.717, 1.165) is 48.7 Å². The second kappa shape index (κ2) is 10.5. The smallest absolute Gasteiger partial charge is 0.407 e. The molecule has 0 radical (unpaired) electrons. The summed E-state index contributed by atoms with van der Waals surface area (Å²) in [5.41, 5.74) is 5.91. The van der Waals surface area contributed by atoms with Crippen molar-refractivity contribution in [1.29, 1.82) is 0 Å². The molecule has 3 N–H and O–H groups in total. The molecule has 0 spiro atoms. The number of fused-ring (bicyclic) bond motifs is 1. The highest BCUT2D eigenvalue weighted by Crippen LogP contribution is 2.39. The number of rotatable bonds is 6. The molecule has 5 rings (SSSR count). The third kappa shape index (κ3) is 5.07. The molecular formula is C27H32ClN5O3. The first kappa shape index (κ1) is 24.6. The lowest BCUT2D eigenvalue weighted by Crippen LogP contribution is -2.49. The average molecular weight is 510 g/mol. The molecule has 0 saturated carbocycles. The summed E-state index contributed by atoms with van der Waals surface area (Å²) < 4.78 is 0. The summed E-state index contributed by atoms with van der Waals surface area (Å²) in [6.45, 7) is 6.51. The lowest BCUT2D eigenvalue weighted by molar-refractivity contribution is 0.0617. The molecule has 3 heterocycles. The van der Waals surface area contributed by atoms with Gasteiger partial charge in [0.05, 0.1) is 17.8 Å². The molecule has 2 unspecified atom stereocenters. The topological polar surface area (TPSA) is 95.9 Å². The minimum atomic E-state index is -0.979. The second-order valence-corrected chi connectivity index (χ2v) is 10.1. The van der Waals surface area contributed by atoms with Gasteiger partial charge >= 0.3 is 6.09 Å². The molecule has 3 aromatic rings. The Balaban J connectivity index is 1.29. The predicted octanol–water partition coefficient (Wildman–Crippen LogP) is 4.19. The SMILES string of the molecule is Cc1ccccc1N1CCN(CC(O)CC2c3c(-c4ccc(Cl)cc4)n[nH]c3CCN2C(=O)O)CC1. The monoisotopic (exact) mass is 509 g/mol. The number of benzene rings is 2. The van der Waals surface area contributed by atoms with Crippen molar-refractivity contribution in [3.05, 3.63) is 70.4 Å². The first-order valence-corrected chi connectivity index (χ1v) is 12.8. The first-order chi connectivity index (χ1) is 17.4. The number of aliphatic hydroxyl groups excluding tert-OH is 1. The summed E-state index contributed by atoms with van der Waals surface area (Å²) in [5, 5.41) is 29.3. The average Bonchev–Trinajstić information content (AvgIpc) is 3.30. The molecule has 1 aromatic heterocycles. The molecule has 2 aromatic carbocycles. The van der Waals surface area contributed by atoms with Crippen molar-refractivity contribution in [2.45, 2.75) is 31.9 Å². The van der Waals surface area contributed by atoms with E-state index in [1.54, 1.807) is 12.1 Å². The summed E-state index contributed by atoms with van der Waals surface area (Å²) in [5.74, 6) is 0. The number of aromatic nitrogens is 2. The van der Waals surface area contributed by atoms with Crippen LogP contribution in [-0.2, 0) is 6.42 Å². The van der Waals surface area contributed by atoms with Gasteiger partial charge in [0.15, 0.2) is 0 Å². The van der Waals surface area contributed by atoms with E-state index in [0.29, 0.717) is 31.0 Å². The number of H-pyrrole nitrogens is 1. The quantitative estimate of drug-likeness (QED) is 0.461. The zero-order valence-corrected chi connectivity index (χ0v) is 21.2. The number of para-hydroxylation sites is 1. The van der Waals surface area contributed by atoms with Crippen molar-refractivity contribution in [3.63, 3.8) is 0 Å². The van der Waals surface area contributed by atoms with E-state index in [1.165, 1.54) is 16.2 Å². The first-order valence-electron chi connectivity index (χ1n) is 12.4. The number of carboxylic acid groups (broad SMARTS) is 1. The van der Waals surface area contributed by atoms with Crippen molar-refractivity contribution in [2.75, 3.05) is 44.2 Å². The zero-order chi connectivity index (χ0) is 25.2. The minimum Gasteiger partial charge on any atom is -0.465 e. The lowest BCUT2D eigenvalue weighted by atomic mass is 9.90. The number of nitrogens with one attached hydrogen (secondary N) is 1. The Labute approximate surface area is 216 Å². The number of hydrogen-bond donors (Lipinski definition) is 3. The maximum atomic E-state index is 12.1. The number of piperazine rings is 1. The van der Waals surface area contributed by atoms with Crippen LogP contribution >= 0.6 is 11.6 Å². The highest BCUT2D eigenvalue weighted by atomic mass is 35.5. The van der Waals surface area contributed by atoms with Crippen LogP contribution in [0, 0.1) is 6.92 Å². The Morgan fingerprint density at radius 1 is 1.11 bits per heavy atom. The van der Waals surface area contributed by atoms with E-state index in [-0.39, 0.29) is 0 Å². The third-order valence-corrected chi connectivity index (χ3v) is 7.60. The Bertz CT molecular complexity index is 1210. The van der Waals surface area contributed by atoms with Gasteiger partial charge in [-0.25, -0.2) is 4.79 Å². The number of hydrogen-bond acceptors (Lipinski definition) is 5. The van der Waals surface area contributed by atoms with E-state index in [9.17, 15) is 15.0 Å². The predicted molar refractivity (Wildman–Crippen MR) is 141 cm³/mol. The molecule has 2 aliphatic rings. The van der Waals surface area contributed by atoms with Crippen LogP contribution in [0.25, 0.3) is 11.3 Å². The maximum Gasteiger partial charge on any atom is 0.407 e.